The molecule has 18 heavy (non-hydrogen) atoms. The molecule has 0 saturated carbocycles. The molecule has 0 saturated heterocycles. The summed E-state index contributed by atoms with van der Waals surface area (Å²) in [5, 5.41) is 3.71. The Labute approximate surface area is 112 Å². The van der Waals surface area contributed by atoms with Crippen LogP contribution in [0.4, 0.5) is 0 Å². The standard InChI is InChI=1S/C17H27N/c1-5-7-13-8-9-15-14(11-13)16(18-10-6-2)12-17(15,3)4/h8-9,11,16,18H,5-7,10,12H2,1-4H3. The van der Waals surface area contributed by atoms with Gasteiger partial charge >= 0.3 is 0 Å². The summed E-state index contributed by atoms with van der Waals surface area (Å²) in [6.07, 6.45) is 4.88. The molecule has 1 unspecified atom stereocenters. The Bertz CT molecular complexity index is 406. The highest BCUT2D eigenvalue weighted by Crippen LogP contribution is 2.44. The lowest BCUT2D eigenvalue weighted by atomic mass is 9.86. The molecule has 1 heteroatoms. The van der Waals surface area contributed by atoms with Crippen LogP contribution in [0.5, 0.6) is 0 Å². The SMILES string of the molecule is CCCNC1CC(C)(C)c2ccc(CCC)cc21. The zero-order valence-electron chi connectivity index (χ0n) is 12.3. The smallest absolute Gasteiger partial charge is 0.0331 e. The molecule has 0 bridgehead atoms. The number of hydrogen-bond donors (Lipinski definition) is 1. The fourth-order valence-corrected chi connectivity index (χ4v) is 3.19. The van der Waals surface area contributed by atoms with E-state index in [-0.39, 0.29) is 0 Å². The van der Waals surface area contributed by atoms with Crippen LogP contribution >= 0.6 is 0 Å². The van der Waals surface area contributed by atoms with Gasteiger partial charge in [-0.15, -0.1) is 0 Å². The normalized spacial score (nSPS) is 21.0. The molecular formula is C17H27N. The van der Waals surface area contributed by atoms with Crippen LogP contribution in [-0.4, -0.2) is 6.54 Å². The van der Waals surface area contributed by atoms with Gasteiger partial charge in [-0.3, -0.25) is 0 Å². The minimum Gasteiger partial charge on any atom is -0.310 e. The van der Waals surface area contributed by atoms with Gasteiger partial charge in [0.25, 0.3) is 0 Å². The van der Waals surface area contributed by atoms with Crippen LogP contribution in [0, 0.1) is 0 Å². The fraction of sp³-hybridized carbons (Fsp3) is 0.647. The summed E-state index contributed by atoms with van der Waals surface area (Å²) in [6, 6.07) is 7.70. The zero-order valence-corrected chi connectivity index (χ0v) is 12.3. The molecule has 0 aromatic heterocycles. The third-order valence-electron chi connectivity index (χ3n) is 4.11. The number of aryl methyl sites for hydroxylation is 1. The molecule has 0 spiro atoms. The average Bonchev–Trinajstić information content (AvgIpc) is 2.59. The minimum atomic E-state index is 0.325. The van der Waals surface area contributed by atoms with Crippen LogP contribution in [0.1, 0.15) is 69.7 Å². The highest BCUT2D eigenvalue weighted by molar-refractivity contribution is 5.43. The summed E-state index contributed by atoms with van der Waals surface area (Å²) >= 11 is 0. The molecule has 1 aromatic rings. The van der Waals surface area contributed by atoms with Crippen LogP contribution in [-0.2, 0) is 11.8 Å². The lowest BCUT2D eigenvalue weighted by molar-refractivity contribution is 0.427. The van der Waals surface area contributed by atoms with Gasteiger partial charge < -0.3 is 5.32 Å². The highest BCUT2D eigenvalue weighted by Gasteiger charge is 2.36. The summed E-state index contributed by atoms with van der Waals surface area (Å²) in [7, 11) is 0. The topological polar surface area (TPSA) is 12.0 Å². The Kier molecular flexibility index (Phi) is 4.11. The average molecular weight is 245 g/mol. The molecule has 100 valence electrons. The molecule has 1 aromatic carbocycles. The van der Waals surface area contributed by atoms with E-state index in [1.54, 1.807) is 11.1 Å². The summed E-state index contributed by atoms with van der Waals surface area (Å²) in [5.41, 5.74) is 4.93. The van der Waals surface area contributed by atoms with E-state index in [0.717, 1.165) is 6.54 Å². The van der Waals surface area contributed by atoms with E-state index < -0.39 is 0 Å². The van der Waals surface area contributed by atoms with E-state index >= 15 is 0 Å². The van der Waals surface area contributed by atoms with Gasteiger partial charge in [-0.25, -0.2) is 0 Å². The molecule has 0 aliphatic heterocycles. The first-order valence-electron chi connectivity index (χ1n) is 7.45. The molecule has 2 rings (SSSR count). The van der Waals surface area contributed by atoms with Gasteiger partial charge in [-0.05, 0) is 47.9 Å². The van der Waals surface area contributed by atoms with Crippen molar-refractivity contribution in [3.63, 3.8) is 0 Å². The van der Waals surface area contributed by atoms with Crippen LogP contribution in [0.25, 0.3) is 0 Å². The monoisotopic (exact) mass is 245 g/mol. The third kappa shape index (κ3) is 2.61. The van der Waals surface area contributed by atoms with Crippen LogP contribution in [0.2, 0.25) is 0 Å². The second kappa shape index (κ2) is 5.44. The second-order valence-corrected chi connectivity index (χ2v) is 6.27. The Morgan fingerprint density at radius 2 is 2.00 bits per heavy atom. The van der Waals surface area contributed by atoms with Gasteiger partial charge in [0.05, 0.1) is 0 Å². The first-order chi connectivity index (χ1) is 8.58. The van der Waals surface area contributed by atoms with Crippen molar-refractivity contribution in [2.75, 3.05) is 6.54 Å². The van der Waals surface area contributed by atoms with Crippen molar-refractivity contribution < 1.29 is 0 Å². The molecule has 1 N–H and O–H groups in total. The second-order valence-electron chi connectivity index (χ2n) is 6.27. The van der Waals surface area contributed by atoms with Crippen molar-refractivity contribution in [3.05, 3.63) is 34.9 Å². The predicted molar refractivity (Wildman–Crippen MR) is 79.1 cm³/mol. The number of nitrogens with one attached hydrogen (secondary N) is 1. The quantitative estimate of drug-likeness (QED) is 0.812. The highest BCUT2D eigenvalue weighted by atomic mass is 14.9. The van der Waals surface area contributed by atoms with Crippen molar-refractivity contribution in [2.24, 2.45) is 0 Å². The van der Waals surface area contributed by atoms with E-state index in [0.29, 0.717) is 11.5 Å². The molecule has 0 radical (unpaired) electrons. The Morgan fingerprint density at radius 3 is 2.67 bits per heavy atom. The minimum absolute atomic E-state index is 0.325. The van der Waals surface area contributed by atoms with Gasteiger partial charge in [0.15, 0.2) is 0 Å². The summed E-state index contributed by atoms with van der Waals surface area (Å²) in [6.45, 7) is 10.4. The molecule has 0 fully saturated rings. The van der Waals surface area contributed by atoms with Crippen LogP contribution in [0.15, 0.2) is 18.2 Å². The number of benzene rings is 1. The maximum atomic E-state index is 3.71. The van der Waals surface area contributed by atoms with Crippen molar-refractivity contribution >= 4 is 0 Å². The number of hydrogen-bond acceptors (Lipinski definition) is 1. The fourth-order valence-electron chi connectivity index (χ4n) is 3.19. The van der Waals surface area contributed by atoms with Crippen molar-refractivity contribution in [1.82, 2.24) is 5.32 Å². The van der Waals surface area contributed by atoms with Crippen LogP contribution in [0.3, 0.4) is 0 Å². The molecular weight excluding hydrogens is 218 g/mol. The summed E-state index contributed by atoms with van der Waals surface area (Å²) in [4.78, 5) is 0. The van der Waals surface area contributed by atoms with Gasteiger partial charge in [-0.1, -0.05) is 52.3 Å². The van der Waals surface area contributed by atoms with E-state index in [2.05, 4.69) is 51.2 Å². The van der Waals surface area contributed by atoms with Gasteiger partial charge in [0, 0.05) is 6.04 Å². The Hall–Kier alpha value is -0.820. The number of rotatable bonds is 5. The molecule has 0 heterocycles. The van der Waals surface area contributed by atoms with Crippen molar-refractivity contribution in [2.45, 2.75) is 64.8 Å². The molecule has 0 amide bonds. The summed E-state index contributed by atoms with van der Waals surface area (Å²) in [5.74, 6) is 0. The van der Waals surface area contributed by atoms with E-state index in [9.17, 15) is 0 Å². The maximum Gasteiger partial charge on any atom is 0.0331 e. The molecule has 1 nitrogen and oxygen atoms in total. The van der Waals surface area contributed by atoms with Crippen molar-refractivity contribution in [1.29, 1.82) is 0 Å². The van der Waals surface area contributed by atoms with Gasteiger partial charge in [0.1, 0.15) is 0 Å². The van der Waals surface area contributed by atoms with Gasteiger partial charge in [-0.2, -0.15) is 0 Å². The van der Waals surface area contributed by atoms with E-state index in [1.165, 1.54) is 31.2 Å². The predicted octanol–water partition coefficient (Wildman–Crippen LogP) is 4.36. The third-order valence-corrected chi connectivity index (χ3v) is 4.11. The van der Waals surface area contributed by atoms with Gasteiger partial charge in [0.2, 0.25) is 0 Å². The maximum absolute atomic E-state index is 3.71. The van der Waals surface area contributed by atoms with E-state index in [1.807, 2.05) is 0 Å². The Morgan fingerprint density at radius 1 is 1.22 bits per heavy atom. The first-order valence-corrected chi connectivity index (χ1v) is 7.45. The van der Waals surface area contributed by atoms with E-state index in [4.69, 9.17) is 0 Å². The first kappa shape index (κ1) is 13.6. The molecule has 1 aliphatic rings. The van der Waals surface area contributed by atoms with Crippen LogP contribution < -0.4 is 5.32 Å². The summed E-state index contributed by atoms with van der Waals surface area (Å²) < 4.78 is 0. The lowest BCUT2D eigenvalue weighted by Gasteiger charge is -2.19. The number of fused-ring (bicyclic) bond motifs is 1. The molecule has 1 aliphatic carbocycles. The zero-order chi connectivity index (χ0) is 13.2. The Balaban J connectivity index is 2.29. The largest absolute Gasteiger partial charge is 0.310 e. The van der Waals surface area contributed by atoms with Crippen molar-refractivity contribution in [3.8, 4) is 0 Å². The molecule has 1 atom stereocenters. The lowest BCUT2D eigenvalue weighted by Crippen LogP contribution is -2.22.